The van der Waals surface area contributed by atoms with Gasteiger partial charge in [0.05, 0.1) is 18.8 Å². The topological polar surface area (TPSA) is 105 Å². The zero-order chi connectivity index (χ0) is 41.7. The van der Waals surface area contributed by atoms with Gasteiger partial charge in [-0.1, -0.05) is 132 Å². The van der Waals surface area contributed by atoms with Crippen molar-refractivity contribution in [3.05, 3.63) is 116 Å². The number of halogens is 1. The molecular weight excluding hydrogens is 861 g/mol. The first-order valence-electron chi connectivity index (χ1n) is 21.9. The molecule has 2 aliphatic heterocycles. The lowest BCUT2D eigenvalue weighted by atomic mass is 9.82. The number of aromatic nitrogens is 3. The Morgan fingerprint density at radius 3 is 1.42 bits per heavy atom. The predicted octanol–water partition coefficient (Wildman–Crippen LogP) is 11.6. The minimum Gasteiger partial charge on any atom is -0.271 e. The first-order valence-corrected chi connectivity index (χ1v) is 22.9. The number of carbonyl (C=O) groups is 4. The van der Waals surface area contributed by atoms with E-state index in [1.165, 1.54) is 4.90 Å². The second kappa shape index (κ2) is 16.7. The number of hydrogen-bond donors (Lipinski definition) is 0. The Labute approximate surface area is 363 Å². The van der Waals surface area contributed by atoms with Gasteiger partial charge in [-0.05, 0) is 110 Å². The Balaban J connectivity index is 1.05. The van der Waals surface area contributed by atoms with E-state index in [9.17, 15) is 19.2 Å². The van der Waals surface area contributed by atoms with Crippen molar-refractivity contribution in [1.29, 1.82) is 0 Å². The van der Waals surface area contributed by atoms with Crippen LogP contribution in [0, 0.1) is 3.70 Å². The van der Waals surface area contributed by atoms with Crippen molar-refractivity contribution in [2.45, 2.75) is 117 Å². The number of benzene rings is 6. The van der Waals surface area contributed by atoms with Gasteiger partial charge in [0.15, 0.2) is 0 Å². The molecule has 0 N–H and O–H groups in total. The lowest BCUT2D eigenvalue weighted by Gasteiger charge is -2.35. The smallest absolute Gasteiger partial charge is 0.261 e. The molecule has 0 bridgehead atoms. The van der Waals surface area contributed by atoms with Crippen molar-refractivity contribution in [3.63, 3.8) is 0 Å². The second-order valence-corrected chi connectivity index (χ2v) is 17.7. The van der Waals surface area contributed by atoms with Gasteiger partial charge in [0.1, 0.15) is 3.70 Å². The fourth-order valence-electron chi connectivity index (χ4n) is 9.76. The molecule has 9 rings (SSSR count). The standard InChI is InChI=1S/C50H50IN5O4/c1-4-7-9-11-14-32(15-12-10-8-5-2)56-49(59)39-26-22-35-33-20-24-37-44-38(25-21-34(42(33)44)36-23-27-40(50(56)60)45(39)43(35)36)48(58)54(47(37)57)28-30-16-18-31(19-17-30)29-55-46(51)41(13-6-3)52-53-55/h16-27,32H,4-15,28-29H2,1-3H3. The summed E-state index contributed by atoms with van der Waals surface area (Å²) in [4.78, 5) is 60.5. The van der Waals surface area contributed by atoms with Crippen molar-refractivity contribution in [3.8, 4) is 0 Å². The zero-order valence-electron chi connectivity index (χ0n) is 34.7. The number of carbonyl (C=O) groups excluding carboxylic acids is 4. The van der Waals surface area contributed by atoms with E-state index in [0.29, 0.717) is 39.6 Å². The lowest BCUT2D eigenvalue weighted by Crippen LogP contribution is -2.47. The van der Waals surface area contributed by atoms with Gasteiger partial charge in [0, 0.05) is 39.1 Å². The maximum atomic E-state index is 14.5. The summed E-state index contributed by atoms with van der Waals surface area (Å²) in [5.41, 5.74) is 5.02. The van der Waals surface area contributed by atoms with Gasteiger partial charge in [0.25, 0.3) is 23.6 Å². The van der Waals surface area contributed by atoms with Crippen molar-refractivity contribution < 1.29 is 19.2 Å². The van der Waals surface area contributed by atoms with E-state index < -0.39 is 0 Å². The van der Waals surface area contributed by atoms with Gasteiger partial charge in [-0.25, -0.2) is 4.68 Å². The average molecular weight is 912 g/mol. The van der Waals surface area contributed by atoms with Crippen molar-refractivity contribution in [2.75, 3.05) is 0 Å². The van der Waals surface area contributed by atoms with Crippen LogP contribution in [0.1, 0.15) is 150 Å². The SMILES string of the molecule is CCCCCCC(CCCCCC)N1C(=O)c2ccc3c4ccc5c6c(ccc(c7ccc(c2c37)C1=O)c64)C(=O)N(Cc1ccc(Cn2nnc(CCC)c2I)cc1)C5=O. The first-order chi connectivity index (χ1) is 29.2. The predicted molar refractivity (Wildman–Crippen MR) is 246 cm³/mol. The lowest BCUT2D eigenvalue weighted by molar-refractivity contribution is 0.0514. The van der Waals surface area contributed by atoms with Gasteiger partial charge in [0.2, 0.25) is 0 Å². The third-order valence-corrected chi connectivity index (χ3v) is 14.0. The summed E-state index contributed by atoms with van der Waals surface area (Å²) in [5.74, 6) is -1.07. The molecule has 0 saturated heterocycles. The van der Waals surface area contributed by atoms with Crippen LogP contribution in [0.3, 0.4) is 0 Å². The second-order valence-electron chi connectivity index (χ2n) is 16.7. The third kappa shape index (κ3) is 6.75. The summed E-state index contributed by atoms with van der Waals surface area (Å²) in [6.07, 6.45) is 12.3. The fourth-order valence-corrected chi connectivity index (χ4v) is 10.4. The van der Waals surface area contributed by atoms with Gasteiger partial charge in [-0.15, -0.1) is 5.10 Å². The zero-order valence-corrected chi connectivity index (χ0v) is 36.8. The molecule has 306 valence electrons. The molecule has 9 nitrogen and oxygen atoms in total. The molecule has 0 unspecified atom stereocenters. The van der Waals surface area contributed by atoms with Crippen LogP contribution in [0.25, 0.3) is 43.1 Å². The number of imide groups is 2. The van der Waals surface area contributed by atoms with Crippen molar-refractivity contribution >= 4 is 89.3 Å². The van der Waals surface area contributed by atoms with E-state index >= 15 is 0 Å². The first kappa shape index (κ1) is 40.2. The molecule has 60 heavy (non-hydrogen) atoms. The van der Waals surface area contributed by atoms with E-state index in [1.807, 2.05) is 77.5 Å². The molecule has 1 aromatic heterocycles. The Morgan fingerprint density at radius 1 is 0.517 bits per heavy atom. The molecule has 4 amide bonds. The number of nitrogens with zero attached hydrogens (tertiary/aromatic N) is 5. The third-order valence-electron chi connectivity index (χ3n) is 12.8. The van der Waals surface area contributed by atoms with E-state index in [1.54, 1.807) is 4.90 Å². The van der Waals surface area contributed by atoms with Crippen LogP contribution >= 0.6 is 22.6 Å². The Kier molecular flexibility index (Phi) is 11.2. The quantitative estimate of drug-likeness (QED) is 0.0296. The summed E-state index contributed by atoms with van der Waals surface area (Å²) in [5, 5.41) is 15.3. The van der Waals surface area contributed by atoms with Gasteiger partial charge < -0.3 is 0 Å². The van der Waals surface area contributed by atoms with Crippen LogP contribution in [0.5, 0.6) is 0 Å². The minimum atomic E-state index is -0.327. The van der Waals surface area contributed by atoms with E-state index in [-0.39, 0.29) is 36.2 Å². The summed E-state index contributed by atoms with van der Waals surface area (Å²) in [6.45, 7) is 7.25. The molecule has 0 radical (unpaired) electrons. The normalized spacial score (nSPS) is 14.2. The summed E-state index contributed by atoms with van der Waals surface area (Å²) in [7, 11) is 0. The largest absolute Gasteiger partial charge is 0.271 e. The van der Waals surface area contributed by atoms with Crippen LogP contribution in [-0.2, 0) is 19.5 Å². The van der Waals surface area contributed by atoms with Crippen molar-refractivity contribution in [1.82, 2.24) is 24.8 Å². The van der Waals surface area contributed by atoms with Crippen LogP contribution < -0.4 is 0 Å². The van der Waals surface area contributed by atoms with Crippen molar-refractivity contribution in [2.24, 2.45) is 0 Å². The molecule has 0 spiro atoms. The van der Waals surface area contributed by atoms with Gasteiger partial charge >= 0.3 is 0 Å². The van der Waals surface area contributed by atoms with E-state index in [0.717, 1.165) is 130 Å². The highest BCUT2D eigenvalue weighted by atomic mass is 127. The number of fused-ring (bicyclic) bond motifs is 2. The number of hydrogen-bond acceptors (Lipinski definition) is 6. The highest BCUT2D eigenvalue weighted by molar-refractivity contribution is 14.1. The van der Waals surface area contributed by atoms with Gasteiger partial charge in [-0.3, -0.25) is 29.0 Å². The van der Waals surface area contributed by atoms with E-state index in [2.05, 4.69) is 53.7 Å². The molecular formula is C50H50IN5O4. The Morgan fingerprint density at radius 2 is 0.967 bits per heavy atom. The summed E-state index contributed by atoms with van der Waals surface area (Å²) < 4.78 is 2.93. The monoisotopic (exact) mass is 911 g/mol. The summed E-state index contributed by atoms with van der Waals surface area (Å²) >= 11 is 2.30. The molecule has 7 aromatic rings. The Hall–Kier alpha value is -5.23. The fraction of sp³-hybridized carbons (Fsp3) is 0.360. The van der Waals surface area contributed by atoms with E-state index in [4.69, 9.17) is 0 Å². The summed E-state index contributed by atoms with van der Waals surface area (Å²) in [6, 6.07) is 23.2. The highest BCUT2D eigenvalue weighted by Crippen LogP contribution is 2.46. The molecule has 0 atom stereocenters. The minimum absolute atomic E-state index is 0.131. The van der Waals surface area contributed by atoms with Crippen LogP contribution in [0.2, 0.25) is 0 Å². The molecule has 0 fully saturated rings. The number of unbranched alkanes of at least 4 members (excludes halogenated alkanes) is 6. The Bertz CT molecular complexity index is 2690. The molecule has 2 aliphatic rings. The number of amides is 4. The van der Waals surface area contributed by atoms with Crippen LogP contribution in [-0.4, -0.2) is 54.5 Å². The number of aryl methyl sites for hydroxylation is 1. The molecule has 10 heteroatoms. The number of rotatable bonds is 17. The maximum absolute atomic E-state index is 14.5. The molecule has 3 heterocycles. The molecule has 0 saturated carbocycles. The maximum Gasteiger partial charge on any atom is 0.261 e. The average Bonchev–Trinajstić information content (AvgIpc) is 3.60. The highest BCUT2D eigenvalue weighted by Gasteiger charge is 2.39. The van der Waals surface area contributed by atoms with Gasteiger partial charge in [-0.2, -0.15) is 0 Å². The molecule has 0 aliphatic carbocycles. The van der Waals surface area contributed by atoms with Crippen LogP contribution in [0.15, 0.2) is 72.8 Å². The molecule has 6 aromatic carbocycles. The van der Waals surface area contributed by atoms with Crippen LogP contribution in [0.4, 0.5) is 0 Å².